The Morgan fingerprint density at radius 3 is 2.53 bits per heavy atom. The number of aliphatic hydroxyl groups excluding tert-OH is 1. The molecular weight excluding hydrogens is 270 g/mol. The fourth-order valence-corrected chi connectivity index (χ4v) is 2.18. The Balaban J connectivity index is 2.23. The van der Waals surface area contributed by atoms with E-state index in [9.17, 15) is 13.9 Å². The Bertz CT molecular complexity index is 599. The molecule has 0 heterocycles. The van der Waals surface area contributed by atoms with Crippen LogP contribution in [0.3, 0.4) is 0 Å². The van der Waals surface area contributed by atoms with Gasteiger partial charge in [-0.25, -0.2) is 8.78 Å². The van der Waals surface area contributed by atoms with Gasteiger partial charge in [-0.3, -0.25) is 0 Å². The summed E-state index contributed by atoms with van der Waals surface area (Å²) in [6, 6.07) is 8.47. The number of aryl methyl sites for hydroxylation is 1. The first-order chi connectivity index (χ1) is 8.97. The zero-order valence-electron chi connectivity index (χ0n) is 10.3. The van der Waals surface area contributed by atoms with E-state index < -0.39 is 11.9 Å². The Morgan fingerprint density at radius 1 is 1.16 bits per heavy atom. The number of hydrogen-bond donors (Lipinski definition) is 1. The Morgan fingerprint density at radius 2 is 1.89 bits per heavy atom. The number of halogens is 3. The molecule has 0 bridgehead atoms. The van der Waals surface area contributed by atoms with Crippen molar-refractivity contribution < 1.29 is 13.9 Å². The molecule has 2 aromatic rings. The van der Waals surface area contributed by atoms with Crippen molar-refractivity contribution in [3.63, 3.8) is 0 Å². The van der Waals surface area contributed by atoms with Gasteiger partial charge in [-0.2, -0.15) is 0 Å². The smallest absolute Gasteiger partial charge is 0.127 e. The lowest BCUT2D eigenvalue weighted by atomic mass is 9.97. The van der Waals surface area contributed by atoms with Crippen molar-refractivity contribution in [3.05, 3.63) is 69.7 Å². The van der Waals surface area contributed by atoms with Gasteiger partial charge >= 0.3 is 0 Å². The van der Waals surface area contributed by atoms with E-state index in [1.165, 1.54) is 24.3 Å². The summed E-state index contributed by atoms with van der Waals surface area (Å²) in [5, 5.41) is 10.4. The summed E-state index contributed by atoms with van der Waals surface area (Å²) < 4.78 is 26.6. The maximum atomic E-state index is 13.6. The summed E-state index contributed by atoms with van der Waals surface area (Å²) in [7, 11) is 0. The molecule has 1 unspecified atom stereocenters. The molecule has 0 saturated heterocycles. The van der Waals surface area contributed by atoms with Crippen LogP contribution in [0.15, 0.2) is 36.4 Å². The second-order valence-corrected chi connectivity index (χ2v) is 4.89. The molecule has 0 aliphatic heterocycles. The molecule has 1 atom stereocenters. The molecule has 0 aliphatic rings. The molecule has 0 aromatic heterocycles. The molecular formula is C15H13ClF2O. The van der Waals surface area contributed by atoms with Crippen molar-refractivity contribution in [2.75, 3.05) is 0 Å². The maximum absolute atomic E-state index is 13.6. The molecule has 1 N–H and O–H groups in total. The van der Waals surface area contributed by atoms with E-state index in [4.69, 9.17) is 11.6 Å². The minimum Gasteiger partial charge on any atom is -0.388 e. The quantitative estimate of drug-likeness (QED) is 0.894. The van der Waals surface area contributed by atoms with E-state index in [0.717, 1.165) is 0 Å². The van der Waals surface area contributed by atoms with Gasteiger partial charge in [-0.05, 0) is 47.9 Å². The van der Waals surface area contributed by atoms with Gasteiger partial charge in [0, 0.05) is 11.4 Å². The fraction of sp³-hybridized carbons (Fsp3) is 0.200. The van der Waals surface area contributed by atoms with Gasteiger partial charge in [0.15, 0.2) is 0 Å². The van der Waals surface area contributed by atoms with Crippen LogP contribution in [0.5, 0.6) is 0 Å². The Kier molecular flexibility index (Phi) is 4.17. The van der Waals surface area contributed by atoms with Crippen molar-refractivity contribution in [2.45, 2.75) is 19.4 Å². The van der Waals surface area contributed by atoms with Crippen LogP contribution in [-0.2, 0) is 6.42 Å². The maximum Gasteiger partial charge on any atom is 0.127 e. The summed E-state index contributed by atoms with van der Waals surface area (Å²) in [6.07, 6.45) is -0.758. The van der Waals surface area contributed by atoms with E-state index in [1.807, 2.05) is 0 Å². The van der Waals surface area contributed by atoms with Crippen LogP contribution in [0.25, 0.3) is 0 Å². The molecule has 0 aliphatic carbocycles. The number of aliphatic hydroxyl groups is 1. The van der Waals surface area contributed by atoms with E-state index >= 15 is 0 Å². The number of hydrogen-bond acceptors (Lipinski definition) is 1. The molecule has 19 heavy (non-hydrogen) atoms. The highest BCUT2D eigenvalue weighted by molar-refractivity contribution is 6.30. The first-order valence-corrected chi connectivity index (χ1v) is 6.23. The standard InChI is InChI=1S/C15H13ClF2O/c1-9-6-12(17)4-5-13(9)15(19)7-10-2-3-11(16)8-14(10)18/h2-6,8,15,19H,7H2,1H3. The van der Waals surface area contributed by atoms with Crippen LogP contribution in [0.4, 0.5) is 8.78 Å². The number of benzene rings is 2. The van der Waals surface area contributed by atoms with E-state index in [0.29, 0.717) is 21.7 Å². The zero-order valence-corrected chi connectivity index (χ0v) is 11.1. The van der Waals surface area contributed by atoms with Crippen molar-refractivity contribution in [1.82, 2.24) is 0 Å². The molecule has 2 aromatic carbocycles. The van der Waals surface area contributed by atoms with Crippen molar-refractivity contribution in [1.29, 1.82) is 0 Å². The normalized spacial score (nSPS) is 12.5. The Labute approximate surface area is 115 Å². The molecule has 0 spiro atoms. The first kappa shape index (κ1) is 14.0. The van der Waals surface area contributed by atoms with E-state index in [2.05, 4.69) is 0 Å². The third-order valence-corrected chi connectivity index (χ3v) is 3.25. The van der Waals surface area contributed by atoms with E-state index in [1.54, 1.807) is 19.1 Å². The lowest BCUT2D eigenvalue weighted by Crippen LogP contribution is -2.05. The summed E-state index contributed by atoms with van der Waals surface area (Å²) in [5.74, 6) is -0.808. The second kappa shape index (κ2) is 5.68. The van der Waals surface area contributed by atoms with Crippen molar-refractivity contribution in [3.8, 4) is 0 Å². The monoisotopic (exact) mass is 282 g/mol. The van der Waals surface area contributed by atoms with E-state index in [-0.39, 0.29) is 12.2 Å². The first-order valence-electron chi connectivity index (χ1n) is 5.85. The number of rotatable bonds is 3. The van der Waals surface area contributed by atoms with Crippen LogP contribution in [-0.4, -0.2) is 5.11 Å². The topological polar surface area (TPSA) is 20.2 Å². The summed E-state index contributed by atoms with van der Waals surface area (Å²) >= 11 is 5.67. The minimum absolute atomic E-state index is 0.121. The highest BCUT2D eigenvalue weighted by atomic mass is 35.5. The van der Waals surface area contributed by atoms with Crippen LogP contribution in [0.1, 0.15) is 22.8 Å². The summed E-state index contributed by atoms with van der Waals surface area (Å²) in [6.45, 7) is 1.71. The average molecular weight is 283 g/mol. The van der Waals surface area contributed by atoms with Crippen LogP contribution in [0.2, 0.25) is 5.02 Å². The molecule has 1 nitrogen and oxygen atoms in total. The van der Waals surface area contributed by atoms with Gasteiger partial charge in [0.05, 0.1) is 6.10 Å². The van der Waals surface area contributed by atoms with Gasteiger partial charge in [-0.15, -0.1) is 0 Å². The SMILES string of the molecule is Cc1cc(F)ccc1C(O)Cc1ccc(Cl)cc1F. The molecule has 0 fully saturated rings. The lowest BCUT2D eigenvalue weighted by Gasteiger charge is -2.14. The average Bonchev–Trinajstić information content (AvgIpc) is 2.32. The van der Waals surface area contributed by atoms with Gasteiger partial charge in [-0.1, -0.05) is 23.7 Å². The summed E-state index contributed by atoms with van der Waals surface area (Å²) in [4.78, 5) is 0. The summed E-state index contributed by atoms with van der Waals surface area (Å²) in [5.41, 5.74) is 1.61. The van der Waals surface area contributed by atoms with Gasteiger partial charge in [0.1, 0.15) is 11.6 Å². The Hall–Kier alpha value is -1.45. The molecule has 0 saturated carbocycles. The third-order valence-electron chi connectivity index (χ3n) is 3.02. The highest BCUT2D eigenvalue weighted by Crippen LogP contribution is 2.24. The predicted molar refractivity (Wildman–Crippen MR) is 71.2 cm³/mol. The van der Waals surface area contributed by atoms with Gasteiger partial charge < -0.3 is 5.11 Å². The molecule has 100 valence electrons. The largest absolute Gasteiger partial charge is 0.388 e. The third kappa shape index (κ3) is 3.31. The van der Waals surface area contributed by atoms with Gasteiger partial charge in [0.2, 0.25) is 0 Å². The van der Waals surface area contributed by atoms with Crippen molar-refractivity contribution in [2.24, 2.45) is 0 Å². The molecule has 0 radical (unpaired) electrons. The second-order valence-electron chi connectivity index (χ2n) is 4.46. The molecule has 2 rings (SSSR count). The van der Waals surface area contributed by atoms with Crippen LogP contribution >= 0.6 is 11.6 Å². The zero-order chi connectivity index (χ0) is 14.0. The highest BCUT2D eigenvalue weighted by Gasteiger charge is 2.14. The lowest BCUT2D eigenvalue weighted by molar-refractivity contribution is 0.176. The van der Waals surface area contributed by atoms with Gasteiger partial charge in [0.25, 0.3) is 0 Å². The fourth-order valence-electron chi connectivity index (χ4n) is 2.02. The van der Waals surface area contributed by atoms with Crippen LogP contribution < -0.4 is 0 Å². The molecule has 0 amide bonds. The predicted octanol–water partition coefficient (Wildman–Crippen LogP) is 4.20. The van der Waals surface area contributed by atoms with Crippen LogP contribution in [0, 0.1) is 18.6 Å². The van der Waals surface area contributed by atoms with Crippen molar-refractivity contribution >= 4 is 11.6 Å². The molecule has 4 heteroatoms. The minimum atomic E-state index is -0.878.